The fraction of sp³-hybridized carbons (Fsp3) is 1.00. The van der Waals surface area contributed by atoms with E-state index in [2.05, 4.69) is 26.2 Å². The van der Waals surface area contributed by atoms with Crippen molar-refractivity contribution in [3.8, 4) is 0 Å². The predicted molar refractivity (Wildman–Crippen MR) is 75.0 cm³/mol. The summed E-state index contributed by atoms with van der Waals surface area (Å²) in [7, 11) is 2.10. The van der Waals surface area contributed by atoms with Crippen molar-refractivity contribution < 1.29 is 0 Å². The second-order valence-corrected chi connectivity index (χ2v) is 5.04. The molecule has 0 bridgehead atoms. The molecule has 1 heteroatoms. The number of hydrogen-bond donors (Lipinski definition) is 1. The Labute approximate surface area is 103 Å². The van der Waals surface area contributed by atoms with Crippen molar-refractivity contribution in [3.63, 3.8) is 0 Å². The number of nitrogens with one attached hydrogen (secondary N) is 1. The molecule has 0 aromatic carbocycles. The fourth-order valence-electron chi connectivity index (χ4n) is 2.31. The van der Waals surface area contributed by atoms with E-state index in [0.717, 1.165) is 6.04 Å². The maximum Gasteiger partial charge on any atom is 0.00639 e. The molecule has 0 saturated carbocycles. The summed E-state index contributed by atoms with van der Waals surface area (Å²) in [6.45, 7) is 4.56. The Bertz CT molecular complexity index is 123. The monoisotopic (exact) mass is 227 g/mol. The van der Waals surface area contributed by atoms with Gasteiger partial charge in [0.1, 0.15) is 0 Å². The van der Waals surface area contributed by atoms with Crippen LogP contribution in [0.1, 0.15) is 84.5 Å². The summed E-state index contributed by atoms with van der Waals surface area (Å²) in [4.78, 5) is 0. The van der Waals surface area contributed by atoms with E-state index < -0.39 is 0 Å². The minimum Gasteiger partial charge on any atom is -0.317 e. The second kappa shape index (κ2) is 13.0. The third-order valence-corrected chi connectivity index (χ3v) is 3.45. The Morgan fingerprint density at radius 3 is 1.75 bits per heavy atom. The minimum absolute atomic E-state index is 0.769. The summed E-state index contributed by atoms with van der Waals surface area (Å²) in [5, 5.41) is 3.42. The second-order valence-electron chi connectivity index (χ2n) is 5.04. The first-order chi connectivity index (χ1) is 7.85. The molecule has 0 aliphatic carbocycles. The molecule has 0 rings (SSSR count). The molecule has 0 saturated heterocycles. The molecule has 0 amide bonds. The Hall–Kier alpha value is -0.0400. The predicted octanol–water partition coefficient (Wildman–Crippen LogP) is 4.91. The highest BCUT2D eigenvalue weighted by atomic mass is 14.9. The Morgan fingerprint density at radius 2 is 1.25 bits per heavy atom. The van der Waals surface area contributed by atoms with Crippen molar-refractivity contribution >= 4 is 0 Å². The van der Waals surface area contributed by atoms with Crippen LogP contribution in [-0.4, -0.2) is 13.1 Å². The molecular weight excluding hydrogens is 194 g/mol. The molecule has 0 radical (unpaired) electrons. The van der Waals surface area contributed by atoms with Crippen molar-refractivity contribution in [2.45, 2.75) is 90.5 Å². The zero-order valence-electron chi connectivity index (χ0n) is 11.9. The van der Waals surface area contributed by atoms with Crippen LogP contribution in [0.2, 0.25) is 0 Å². The maximum atomic E-state index is 3.42. The number of rotatable bonds is 12. The van der Waals surface area contributed by atoms with Crippen molar-refractivity contribution in [3.05, 3.63) is 0 Å². The lowest BCUT2D eigenvalue weighted by molar-refractivity contribution is 0.453. The van der Waals surface area contributed by atoms with Crippen molar-refractivity contribution in [1.29, 1.82) is 0 Å². The van der Waals surface area contributed by atoms with Crippen molar-refractivity contribution in [2.24, 2.45) is 0 Å². The van der Waals surface area contributed by atoms with Gasteiger partial charge in [0.15, 0.2) is 0 Å². The van der Waals surface area contributed by atoms with Gasteiger partial charge in [0.25, 0.3) is 0 Å². The average molecular weight is 227 g/mol. The van der Waals surface area contributed by atoms with Crippen LogP contribution in [-0.2, 0) is 0 Å². The summed E-state index contributed by atoms with van der Waals surface area (Å²) in [5.74, 6) is 0. The van der Waals surface area contributed by atoms with E-state index in [4.69, 9.17) is 0 Å². The molecule has 1 atom stereocenters. The van der Waals surface area contributed by atoms with E-state index in [1.54, 1.807) is 0 Å². The first-order valence-electron chi connectivity index (χ1n) is 7.52. The number of hydrogen-bond acceptors (Lipinski definition) is 1. The molecule has 0 aromatic rings. The molecule has 1 nitrogen and oxygen atoms in total. The molecular formula is C15H33N. The fourth-order valence-corrected chi connectivity index (χ4v) is 2.31. The van der Waals surface area contributed by atoms with Crippen LogP contribution in [0.5, 0.6) is 0 Å². The van der Waals surface area contributed by atoms with Gasteiger partial charge >= 0.3 is 0 Å². The van der Waals surface area contributed by atoms with Gasteiger partial charge in [0.2, 0.25) is 0 Å². The van der Waals surface area contributed by atoms with E-state index in [-0.39, 0.29) is 0 Å². The zero-order valence-corrected chi connectivity index (χ0v) is 11.9. The zero-order chi connectivity index (χ0) is 12.1. The van der Waals surface area contributed by atoms with Crippen LogP contribution in [0.3, 0.4) is 0 Å². The highest BCUT2D eigenvalue weighted by molar-refractivity contribution is 4.63. The van der Waals surface area contributed by atoms with Gasteiger partial charge in [0.05, 0.1) is 0 Å². The van der Waals surface area contributed by atoms with Gasteiger partial charge in [-0.15, -0.1) is 0 Å². The third-order valence-electron chi connectivity index (χ3n) is 3.45. The molecule has 0 fully saturated rings. The van der Waals surface area contributed by atoms with Crippen LogP contribution in [0.4, 0.5) is 0 Å². The van der Waals surface area contributed by atoms with Crippen LogP contribution in [0, 0.1) is 0 Å². The minimum atomic E-state index is 0.769. The highest BCUT2D eigenvalue weighted by Gasteiger charge is 2.03. The SMILES string of the molecule is CCCCCCCCCCC(CCC)NC. The topological polar surface area (TPSA) is 12.0 Å². The van der Waals surface area contributed by atoms with Gasteiger partial charge in [-0.05, 0) is 19.9 Å². The Balaban J connectivity index is 3.12. The Kier molecular flexibility index (Phi) is 13.0. The van der Waals surface area contributed by atoms with Gasteiger partial charge < -0.3 is 5.32 Å². The van der Waals surface area contributed by atoms with E-state index >= 15 is 0 Å². The number of unbranched alkanes of at least 4 members (excludes halogenated alkanes) is 7. The summed E-state index contributed by atoms with van der Waals surface area (Å²) in [5.41, 5.74) is 0. The molecule has 98 valence electrons. The van der Waals surface area contributed by atoms with Crippen molar-refractivity contribution in [2.75, 3.05) is 7.05 Å². The lowest BCUT2D eigenvalue weighted by Gasteiger charge is -2.14. The smallest absolute Gasteiger partial charge is 0.00639 e. The van der Waals surface area contributed by atoms with Gasteiger partial charge in [-0.1, -0.05) is 71.6 Å². The third kappa shape index (κ3) is 10.5. The van der Waals surface area contributed by atoms with Crippen LogP contribution in [0.15, 0.2) is 0 Å². The van der Waals surface area contributed by atoms with Crippen LogP contribution >= 0.6 is 0 Å². The summed E-state index contributed by atoms with van der Waals surface area (Å²) < 4.78 is 0. The van der Waals surface area contributed by atoms with E-state index in [9.17, 15) is 0 Å². The molecule has 0 spiro atoms. The first kappa shape index (κ1) is 16.0. The molecule has 1 N–H and O–H groups in total. The van der Waals surface area contributed by atoms with Crippen LogP contribution < -0.4 is 5.32 Å². The molecule has 0 aliphatic heterocycles. The summed E-state index contributed by atoms with van der Waals surface area (Å²) in [6.07, 6.45) is 15.5. The molecule has 0 aromatic heterocycles. The quantitative estimate of drug-likeness (QED) is 0.467. The van der Waals surface area contributed by atoms with Gasteiger partial charge in [0, 0.05) is 6.04 Å². The maximum absolute atomic E-state index is 3.42. The largest absolute Gasteiger partial charge is 0.317 e. The lowest BCUT2D eigenvalue weighted by atomic mass is 10.0. The van der Waals surface area contributed by atoms with Gasteiger partial charge in [-0.3, -0.25) is 0 Å². The average Bonchev–Trinajstić information content (AvgIpc) is 2.31. The van der Waals surface area contributed by atoms with E-state index in [1.165, 1.54) is 70.6 Å². The molecule has 0 heterocycles. The molecule has 0 aliphatic rings. The Morgan fingerprint density at radius 1 is 0.688 bits per heavy atom. The molecule has 16 heavy (non-hydrogen) atoms. The lowest BCUT2D eigenvalue weighted by Crippen LogP contribution is -2.24. The summed E-state index contributed by atoms with van der Waals surface area (Å²) >= 11 is 0. The van der Waals surface area contributed by atoms with E-state index in [1.807, 2.05) is 0 Å². The summed E-state index contributed by atoms with van der Waals surface area (Å²) in [6, 6.07) is 0.769. The first-order valence-corrected chi connectivity index (χ1v) is 7.52. The molecule has 1 unspecified atom stereocenters. The van der Waals surface area contributed by atoms with Crippen LogP contribution in [0.25, 0.3) is 0 Å². The standard InChI is InChI=1S/C15H33N/c1-4-6-7-8-9-10-11-12-14-15(16-3)13-5-2/h15-16H,4-14H2,1-3H3. The highest BCUT2D eigenvalue weighted by Crippen LogP contribution is 2.12. The van der Waals surface area contributed by atoms with Gasteiger partial charge in [-0.2, -0.15) is 0 Å². The normalized spacial score (nSPS) is 12.9. The van der Waals surface area contributed by atoms with Gasteiger partial charge in [-0.25, -0.2) is 0 Å². The van der Waals surface area contributed by atoms with Crippen molar-refractivity contribution in [1.82, 2.24) is 5.32 Å². The van der Waals surface area contributed by atoms with E-state index in [0.29, 0.717) is 0 Å².